The van der Waals surface area contributed by atoms with Gasteiger partial charge in [-0.15, -0.1) is 0 Å². The van der Waals surface area contributed by atoms with Gasteiger partial charge in [-0.05, 0) is 62.0 Å². The zero-order chi connectivity index (χ0) is 17.2. The molecule has 136 valence electrons. The Morgan fingerprint density at radius 3 is 2.52 bits per heavy atom. The standard InChI is InChI=1S/C20H30N4O/c21-19-15-4-3-5-16(19)11-17(10-15)20(25)23-13-14-6-7-18(22-12-14)24-8-1-2-9-24/h6-7,12,15-17,19H,1-5,8-11,13,21H2,(H,23,25). The van der Waals surface area contributed by atoms with E-state index in [9.17, 15) is 4.79 Å². The molecule has 2 bridgehead atoms. The molecule has 1 saturated heterocycles. The maximum atomic E-state index is 12.6. The Morgan fingerprint density at radius 2 is 1.88 bits per heavy atom. The highest BCUT2D eigenvalue weighted by Crippen LogP contribution is 2.41. The first-order valence-corrected chi connectivity index (χ1v) is 9.94. The van der Waals surface area contributed by atoms with E-state index in [1.165, 1.54) is 32.1 Å². The third kappa shape index (κ3) is 3.66. The number of nitrogens with two attached hydrogens (primary N) is 1. The van der Waals surface area contributed by atoms with E-state index in [1.807, 2.05) is 6.20 Å². The summed E-state index contributed by atoms with van der Waals surface area (Å²) < 4.78 is 0. The fourth-order valence-corrected chi connectivity index (χ4v) is 4.99. The van der Waals surface area contributed by atoms with Crippen LogP contribution in [0.4, 0.5) is 5.82 Å². The Bertz CT molecular complexity index is 582. The number of fused-ring (bicyclic) bond motifs is 2. The van der Waals surface area contributed by atoms with Crippen molar-refractivity contribution in [2.24, 2.45) is 23.5 Å². The summed E-state index contributed by atoms with van der Waals surface area (Å²) in [6, 6.07) is 4.49. The van der Waals surface area contributed by atoms with Gasteiger partial charge in [0.25, 0.3) is 0 Å². The van der Waals surface area contributed by atoms with Gasteiger partial charge in [-0.3, -0.25) is 4.79 Å². The third-order valence-corrected chi connectivity index (χ3v) is 6.49. The van der Waals surface area contributed by atoms with Crippen molar-refractivity contribution >= 4 is 11.7 Å². The molecule has 0 spiro atoms. The summed E-state index contributed by atoms with van der Waals surface area (Å²) in [4.78, 5) is 19.5. The van der Waals surface area contributed by atoms with Gasteiger partial charge in [-0.25, -0.2) is 4.98 Å². The lowest BCUT2D eigenvalue weighted by Crippen LogP contribution is -2.49. The van der Waals surface area contributed by atoms with Crippen molar-refractivity contribution in [2.45, 2.75) is 57.5 Å². The molecule has 1 aromatic rings. The van der Waals surface area contributed by atoms with Crippen LogP contribution in [0, 0.1) is 17.8 Å². The topological polar surface area (TPSA) is 71.2 Å². The number of rotatable bonds is 4. The molecule has 3 fully saturated rings. The van der Waals surface area contributed by atoms with Crippen LogP contribution in [0.5, 0.6) is 0 Å². The fourth-order valence-electron chi connectivity index (χ4n) is 4.99. The number of pyridine rings is 1. The number of carbonyl (C=O) groups is 1. The fraction of sp³-hybridized carbons (Fsp3) is 0.700. The van der Waals surface area contributed by atoms with Crippen molar-refractivity contribution in [3.05, 3.63) is 23.9 Å². The summed E-state index contributed by atoms with van der Waals surface area (Å²) in [5.41, 5.74) is 7.41. The number of anilines is 1. The van der Waals surface area contributed by atoms with E-state index in [0.29, 0.717) is 24.4 Å². The van der Waals surface area contributed by atoms with Gasteiger partial charge >= 0.3 is 0 Å². The van der Waals surface area contributed by atoms with Gasteiger partial charge in [0.15, 0.2) is 0 Å². The molecule has 5 nitrogen and oxygen atoms in total. The molecule has 0 radical (unpaired) electrons. The zero-order valence-electron chi connectivity index (χ0n) is 15.0. The van der Waals surface area contributed by atoms with Crippen LogP contribution in [0.15, 0.2) is 18.3 Å². The van der Waals surface area contributed by atoms with Crippen molar-refractivity contribution in [1.29, 1.82) is 0 Å². The van der Waals surface area contributed by atoms with Crippen LogP contribution >= 0.6 is 0 Å². The number of carbonyl (C=O) groups excluding carboxylic acids is 1. The Labute approximate surface area is 150 Å². The summed E-state index contributed by atoms with van der Waals surface area (Å²) in [6.45, 7) is 2.79. The Kier molecular flexibility index (Phi) is 4.93. The van der Waals surface area contributed by atoms with E-state index in [-0.39, 0.29) is 11.8 Å². The molecule has 25 heavy (non-hydrogen) atoms. The van der Waals surface area contributed by atoms with Crippen molar-refractivity contribution in [2.75, 3.05) is 18.0 Å². The van der Waals surface area contributed by atoms with Gasteiger partial charge < -0.3 is 16.0 Å². The molecule has 2 saturated carbocycles. The molecule has 0 aromatic carbocycles. The normalized spacial score (nSPS) is 31.8. The van der Waals surface area contributed by atoms with E-state index in [0.717, 1.165) is 37.3 Å². The van der Waals surface area contributed by atoms with Crippen molar-refractivity contribution < 1.29 is 4.79 Å². The average molecular weight is 342 g/mol. The number of amides is 1. The molecule has 2 heterocycles. The first kappa shape index (κ1) is 16.8. The van der Waals surface area contributed by atoms with Gasteiger partial charge in [0, 0.05) is 37.8 Å². The van der Waals surface area contributed by atoms with Crippen LogP contribution in [0.3, 0.4) is 0 Å². The molecular formula is C20H30N4O. The Morgan fingerprint density at radius 1 is 1.16 bits per heavy atom. The highest BCUT2D eigenvalue weighted by molar-refractivity contribution is 5.78. The molecule has 3 aliphatic rings. The largest absolute Gasteiger partial charge is 0.357 e. The minimum Gasteiger partial charge on any atom is -0.357 e. The molecule has 5 heteroatoms. The highest BCUT2D eigenvalue weighted by Gasteiger charge is 2.40. The number of nitrogens with zero attached hydrogens (tertiary/aromatic N) is 2. The zero-order valence-corrected chi connectivity index (χ0v) is 15.0. The molecule has 1 aliphatic heterocycles. The number of hydrogen-bond acceptors (Lipinski definition) is 4. The molecule has 2 unspecified atom stereocenters. The van der Waals surface area contributed by atoms with Crippen molar-refractivity contribution in [3.63, 3.8) is 0 Å². The second kappa shape index (κ2) is 7.32. The molecule has 2 aliphatic carbocycles. The van der Waals surface area contributed by atoms with Crippen molar-refractivity contribution in [1.82, 2.24) is 10.3 Å². The quantitative estimate of drug-likeness (QED) is 0.882. The molecule has 3 N–H and O–H groups in total. The number of hydrogen-bond donors (Lipinski definition) is 2. The second-order valence-electron chi connectivity index (χ2n) is 8.13. The maximum Gasteiger partial charge on any atom is 0.223 e. The summed E-state index contributed by atoms with van der Waals surface area (Å²) in [6.07, 6.45) is 10.0. The third-order valence-electron chi connectivity index (χ3n) is 6.49. The van der Waals surface area contributed by atoms with Crippen LogP contribution in [-0.4, -0.2) is 30.0 Å². The first-order valence-electron chi connectivity index (χ1n) is 9.94. The van der Waals surface area contributed by atoms with E-state index in [2.05, 4.69) is 27.3 Å². The van der Waals surface area contributed by atoms with Crippen LogP contribution in [-0.2, 0) is 11.3 Å². The van der Waals surface area contributed by atoms with Gasteiger partial charge in [0.1, 0.15) is 5.82 Å². The molecule has 2 atom stereocenters. The van der Waals surface area contributed by atoms with Crippen LogP contribution in [0.2, 0.25) is 0 Å². The highest BCUT2D eigenvalue weighted by atomic mass is 16.1. The summed E-state index contributed by atoms with van der Waals surface area (Å²) in [5, 5.41) is 3.13. The average Bonchev–Trinajstić information content (AvgIpc) is 3.14. The summed E-state index contributed by atoms with van der Waals surface area (Å²) >= 11 is 0. The van der Waals surface area contributed by atoms with E-state index in [4.69, 9.17) is 5.73 Å². The lowest BCUT2D eigenvalue weighted by atomic mass is 9.65. The van der Waals surface area contributed by atoms with E-state index >= 15 is 0 Å². The lowest BCUT2D eigenvalue weighted by Gasteiger charge is -2.43. The first-order chi connectivity index (χ1) is 12.2. The minimum absolute atomic E-state index is 0.145. The van der Waals surface area contributed by atoms with Crippen LogP contribution in [0.25, 0.3) is 0 Å². The van der Waals surface area contributed by atoms with Gasteiger partial charge in [-0.1, -0.05) is 12.5 Å². The minimum atomic E-state index is 0.145. The van der Waals surface area contributed by atoms with Crippen LogP contribution < -0.4 is 16.0 Å². The SMILES string of the molecule is NC1C2CCCC1CC(C(=O)NCc1ccc(N3CCCC3)nc1)C2. The summed E-state index contributed by atoms with van der Waals surface area (Å²) in [7, 11) is 0. The predicted octanol–water partition coefficient (Wildman–Crippen LogP) is 2.45. The molecule has 1 amide bonds. The molecule has 4 rings (SSSR count). The van der Waals surface area contributed by atoms with Crippen LogP contribution in [0.1, 0.15) is 50.5 Å². The molecule has 1 aromatic heterocycles. The number of aromatic nitrogens is 1. The second-order valence-corrected chi connectivity index (χ2v) is 8.13. The summed E-state index contributed by atoms with van der Waals surface area (Å²) in [5.74, 6) is 2.50. The van der Waals surface area contributed by atoms with Gasteiger partial charge in [0.05, 0.1) is 0 Å². The van der Waals surface area contributed by atoms with Crippen molar-refractivity contribution in [3.8, 4) is 0 Å². The van der Waals surface area contributed by atoms with E-state index < -0.39 is 0 Å². The Hall–Kier alpha value is -1.62. The monoisotopic (exact) mass is 342 g/mol. The molecular weight excluding hydrogens is 312 g/mol. The predicted molar refractivity (Wildman–Crippen MR) is 99.1 cm³/mol. The lowest BCUT2D eigenvalue weighted by molar-refractivity contribution is -0.128. The van der Waals surface area contributed by atoms with Gasteiger partial charge in [-0.2, -0.15) is 0 Å². The number of nitrogens with one attached hydrogen (secondary N) is 1. The van der Waals surface area contributed by atoms with Gasteiger partial charge in [0.2, 0.25) is 5.91 Å². The van der Waals surface area contributed by atoms with E-state index in [1.54, 1.807) is 0 Å². The maximum absolute atomic E-state index is 12.6. The smallest absolute Gasteiger partial charge is 0.223 e. The Balaban J connectivity index is 1.30.